The third-order valence-electron chi connectivity index (χ3n) is 4.12. The lowest BCUT2D eigenvalue weighted by Gasteiger charge is -2.23. The van der Waals surface area contributed by atoms with Gasteiger partial charge < -0.3 is 14.8 Å². The normalized spacial score (nSPS) is 13.9. The lowest BCUT2D eigenvalue weighted by molar-refractivity contribution is 0.0513. The van der Waals surface area contributed by atoms with Gasteiger partial charge in [-0.25, -0.2) is 0 Å². The second-order valence-corrected chi connectivity index (χ2v) is 6.15. The van der Waals surface area contributed by atoms with Crippen molar-refractivity contribution in [3.63, 3.8) is 0 Å². The Balaban J connectivity index is 2.15. The molecule has 0 fully saturated rings. The average Bonchev–Trinajstić information content (AvgIpc) is 2.95. The first-order valence-electron chi connectivity index (χ1n) is 7.79. The van der Waals surface area contributed by atoms with E-state index in [4.69, 9.17) is 4.42 Å². The van der Waals surface area contributed by atoms with Crippen molar-refractivity contribution in [2.45, 2.75) is 53.7 Å². The summed E-state index contributed by atoms with van der Waals surface area (Å²) in [7, 11) is 0. The molecule has 0 aliphatic rings. The van der Waals surface area contributed by atoms with Crippen molar-refractivity contribution in [2.24, 2.45) is 0 Å². The van der Waals surface area contributed by atoms with Crippen molar-refractivity contribution < 1.29 is 14.3 Å². The molecule has 0 aliphatic heterocycles. The van der Waals surface area contributed by atoms with Crippen LogP contribution in [-0.4, -0.2) is 27.3 Å². The van der Waals surface area contributed by atoms with E-state index >= 15 is 0 Å². The highest BCUT2D eigenvalue weighted by molar-refractivity contribution is 5.96. The Morgan fingerprint density at radius 1 is 1.39 bits per heavy atom. The third-order valence-corrected chi connectivity index (χ3v) is 4.12. The van der Waals surface area contributed by atoms with Gasteiger partial charge in [-0.1, -0.05) is 0 Å². The van der Waals surface area contributed by atoms with Crippen LogP contribution in [0.15, 0.2) is 10.5 Å². The minimum atomic E-state index is -1.19. The molecule has 0 bridgehead atoms. The van der Waals surface area contributed by atoms with Crippen LogP contribution in [0.2, 0.25) is 0 Å². The smallest absolute Gasteiger partial charge is 0.255 e. The minimum absolute atomic E-state index is 0.0990. The number of carbonyl (C=O) groups is 1. The molecule has 1 unspecified atom stereocenters. The first kappa shape index (κ1) is 17.3. The summed E-state index contributed by atoms with van der Waals surface area (Å²) in [6.45, 7) is 11.8. The quantitative estimate of drug-likeness (QED) is 0.886. The molecule has 126 valence electrons. The van der Waals surface area contributed by atoms with Gasteiger partial charge in [0.15, 0.2) is 0 Å². The van der Waals surface area contributed by atoms with Gasteiger partial charge in [-0.2, -0.15) is 5.10 Å². The number of aliphatic hydroxyl groups is 1. The molecule has 2 aromatic heterocycles. The molecule has 0 saturated heterocycles. The van der Waals surface area contributed by atoms with Gasteiger partial charge in [-0.3, -0.25) is 9.48 Å². The highest BCUT2D eigenvalue weighted by atomic mass is 16.3. The molecule has 6 heteroatoms. The molecule has 1 atom stereocenters. The minimum Gasteiger partial charge on any atom is -0.466 e. The van der Waals surface area contributed by atoms with Crippen LogP contribution < -0.4 is 5.32 Å². The molecule has 2 heterocycles. The Bertz CT molecular complexity index is 726. The summed E-state index contributed by atoms with van der Waals surface area (Å²) in [5.41, 5.74) is 1.59. The van der Waals surface area contributed by atoms with Crippen LogP contribution in [0.5, 0.6) is 0 Å². The number of amides is 1. The maximum absolute atomic E-state index is 12.5. The Morgan fingerprint density at radius 2 is 2.04 bits per heavy atom. The number of rotatable bonds is 5. The third kappa shape index (κ3) is 3.32. The maximum atomic E-state index is 12.5. The Hall–Kier alpha value is -2.08. The number of nitrogens with zero attached hydrogens (tertiary/aromatic N) is 2. The SMILES string of the molecule is CCn1nc(C)c(C(=O)NCC(C)(O)c2cc(C)oc2C)c1C. The van der Waals surface area contributed by atoms with E-state index in [2.05, 4.69) is 10.4 Å². The van der Waals surface area contributed by atoms with Crippen LogP contribution in [0.1, 0.15) is 52.7 Å². The zero-order valence-electron chi connectivity index (χ0n) is 14.6. The fourth-order valence-corrected chi connectivity index (χ4v) is 2.93. The monoisotopic (exact) mass is 319 g/mol. The van der Waals surface area contributed by atoms with Gasteiger partial charge in [-0.05, 0) is 47.6 Å². The maximum Gasteiger partial charge on any atom is 0.255 e. The van der Waals surface area contributed by atoms with Crippen LogP contribution >= 0.6 is 0 Å². The molecule has 23 heavy (non-hydrogen) atoms. The first-order chi connectivity index (χ1) is 10.7. The lowest BCUT2D eigenvalue weighted by atomic mass is 9.96. The van der Waals surface area contributed by atoms with Crippen LogP contribution in [0.3, 0.4) is 0 Å². The molecule has 0 aromatic carbocycles. The average molecular weight is 319 g/mol. The number of aromatic nitrogens is 2. The molecule has 6 nitrogen and oxygen atoms in total. The summed E-state index contributed by atoms with van der Waals surface area (Å²) in [4.78, 5) is 12.5. The highest BCUT2D eigenvalue weighted by Crippen LogP contribution is 2.26. The van der Waals surface area contributed by atoms with E-state index in [1.807, 2.05) is 27.7 Å². The zero-order chi connectivity index (χ0) is 17.4. The predicted octanol–water partition coefficient (Wildman–Crippen LogP) is 2.37. The molecule has 2 rings (SSSR count). The van der Waals surface area contributed by atoms with E-state index in [9.17, 15) is 9.90 Å². The summed E-state index contributed by atoms with van der Waals surface area (Å²) in [5, 5.41) is 17.8. The number of furan rings is 1. The number of nitrogens with one attached hydrogen (secondary N) is 1. The van der Waals surface area contributed by atoms with Crippen LogP contribution in [0.25, 0.3) is 0 Å². The molecule has 0 aliphatic carbocycles. The van der Waals surface area contributed by atoms with E-state index in [1.165, 1.54) is 0 Å². The van der Waals surface area contributed by atoms with E-state index < -0.39 is 5.60 Å². The molecule has 2 aromatic rings. The van der Waals surface area contributed by atoms with E-state index in [0.29, 0.717) is 29.1 Å². The van der Waals surface area contributed by atoms with Crippen molar-refractivity contribution in [3.05, 3.63) is 40.1 Å². The molecule has 0 saturated carbocycles. The number of carbonyl (C=O) groups excluding carboxylic acids is 1. The van der Waals surface area contributed by atoms with E-state index in [-0.39, 0.29) is 12.5 Å². The van der Waals surface area contributed by atoms with Gasteiger partial charge in [-0.15, -0.1) is 0 Å². The predicted molar refractivity (Wildman–Crippen MR) is 87.5 cm³/mol. The summed E-state index contributed by atoms with van der Waals surface area (Å²) >= 11 is 0. The zero-order valence-corrected chi connectivity index (χ0v) is 14.6. The molecule has 2 N–H and O–H groups in total. The highest BCUT2D eigenvalue weighted by Gasteiger charge is 2.29. The summed E-state index contributed by atoms with van der Waals surface area (Å²) in [6, 6.07) is 1.80. The summed E-state index contributed by atoms with van der Waals surface area (Å²) in [5.74, 6) is 1.17. The van der Waals surface area contributed by atoms with Crippen molar-refractivity contribution in [1.82, 2.24) is 15.1 Å². The van der Waals surface area contributed by atoms with E-state index in [1.54, 1.807) is 24.6 Å². The second-order valence-electron chi connectivity index (χ2n) is 6.15. The molecule has 0 spiro atoms. The van der Waals surface area contributed by atoms with Crippen LogP contribution in [0.4, 0.5) is 0 Å². The van der Waals surface area contributed by atoms with Crippen molar-refractivity contribution in [3.8, 4) is 0 Å². The second kappa shape index (κ2) is 6.20. The van der Waals surface area contributed by atoms with Crippen molar-refractivity contribution in [1.29, 1.82) is 0 Å². The molecule has 0 radical (unpaired) electrons. The Labute approximate surface area is 136 Å². The fraction of sp³-hybridized carbons (Fsp3) is 0.529. The number of aryl methyl sites for hydroxylation is 4. The van der Waals surface area contributed by atoms with Gasteiger partial charge in [0.1, 0.15) is 17.1 Å². The van der Waals surface area contributed by atoms with Crippen LogP contribution in [0, 0.1) is 27.7 Å². The Kier molecular flexibility index (Phi) is 4.66. The summed E-state index contributed by atoms with van der Waals surface area (Å²) in [6.07, 6.45) is 0. The van der Waals surface area contributed by atoms with E-state index in [0.717, 1.165) is 11.5 Å². The van der Waals surface area contributed by atoms with Crippen molar-refractivity contribution in [2.75, 3.05) is 6.54 Å². The molecular formula is C17H25N3O3. The molecular weight excluding hydrogens is 294 g/mol. The lowest BCUT2D eigenvalue weighted by Crippen LogP contribution is -2.39. The van der Waals surface area contributed by atoms with Gasteiger partial charge >= 0.3 is 0 Å². The number of hydrogen-bond acceptors (Lipinski definition) is 4. The fourth-order valence-electron chi connectivity index (χ4n) is 2.93. The first-order valence-corrected chi connectivity index (χ1v) is 7.79. The van der Waals surface area contributed by atoms with Gasteiger partial charge in [0.25, 0.3) is 5.91 Å². The topological polar surface area (TPSA) is 80.3 Å². The van der Waals surface area contributed by atoms with Gasteiger partial charge in [0.05, 0.1) is 17.8 Å². The van der Waals surface area contributed by atoms with Gasteiger partial charge in [0.2, 0.25) is 0 Å². The largest absolute Gasteiger partial charge is 0.466 e. The van der Waals surface area contributed by atoms with Crippen LogP contribution in [-0.2, 0) is 12.1 Å². The Morgan fingerprint density at radius 3 is 2.52 bits per heavy atom. The van der Waals surface area contributed by atoms with Gasteiger partial charge in [0, 0.05) is 17.8 Å². The molecule has 1 amide bonds. The van der Waals surface area contributed by atoms with Crippen molar-refractivity contribution >= 4 is 5.91 Å². The summed E-state index contributed by atoms with van der Waals surface area (Å²) < 4.78 is 7.26. The number of hydrogen-bond donors (Lipinski definition) is 2. The standard InChI is InChI=1S/C17H25N3O3/c1-7-20-12(4)15(11(3)19-20)16(21)18-9-17(6,22)14-8-10(2)23-13(14)5/h8,22H,7,9H2,1-6H3,(H,18,21).